The molecule has 1 fully saturated rings. The lowest BCUT2D eigenvalue weighted by atomic mass is 10.2. The first-order valence-electron chi connectivity index (χ1n) is 8.36. The van der Waals surface area contributed by atoms with E-state index in [9.17, 15) is 24.3 Å². The van der Waals surface area contributed by atoms with E-state index in [1.807, 2.05) is 0 Å². The minimum Gasteiger partial charge on any atom is -0.507 e. The first kappa shape index (κ1) is 20.1. The second-order valence-corrected chi connectivity index (χ2v) is 7.02. The summed E-state index contributed by atoms with van der Waals surface area (Å²) in [5.41, 5.74) is 3.02. The maximum Gasteiger partial charge on any atom is 0.312 e. The molecule has 1 heterocycles. The number of nitrogens with one attached hydrogen (secondary N) is 2. The first-order valence-corrected chi connectivity index (χ1v) is 9.24. The average Bonchev–Trinajstić information content (AvgIpc) is 3.00. The van der Waals surface area contributed by atoms with Crippen molar-refractivity contribution >= 4 is 41.0 Å². The predicted molar refractivity (Wildman–Crippen MR) is 105 cm³/mol. The largest absolute Gasteiger partial charge is 0.507 e. The van der Waals surface area contributed by atoms with Crippen LogP contribution in [0.15, 0.2) is 53.6 Å². The molecule has 0 aliphatic carbocycles. The third-order valence-electron chi connectivity index (χ3n) is 3.76. The molecule has 9 nitrogen and oxygen atoms in total. The van der Waals surface area contributed by atoms with Crippen molar-refractivity contribution < 1.29 is 29.0 Å². The molecular formula is C19H15N3O6S. The number of phenolic OH excluding ortho intramolecular Hbond substituents is 1. The average molecular weight is 413 g/mol. The molecule has 1 atom stereocenters. The topological polar surface area (TPSA) is 134 Å². The Balaban J connectivity index is 1.51. The SMILES string of the molecule is O=C(C[C@H]1SC(=O)NC1=O)Oc1ccc(/C=N\NC(=O)c2ccccc2O)cc1. The van der Waals surface area contributed by atoms with Gasteiger partial charge in [-0.1, -0.05) is 23.9 Å². The van der Waals surface area contributed by atoms with Crippen LogP contribution >= 0.6 is 11.8 Å². The summed E-state index contributed by atoms with van der Waals surface area (Å²) >= 11 is 0.758. The van der Waals surface area contributed by atoms with Crippen molar-refractivity contribution in [1.82, 2.24) is 10.7 Å². The molecule has 0 spiro atoms. The number of thioether (sulfide) groups is 1. The Morgan fingerprint density at radius 1 is 1.17 bits per heavy atom. The maximum atomic E-state index is 11.9. The van der Waals surface area contributed by atoms with Crippen LogP contribution in [0.1, 0.15) is 22.3 Å². The number of hydrogen-bond acceptors (Lipinski definition) is 8. The van der Waals surface area contributed by atoms with Gasteiger partial charge in [0.15, 0.2) is 0 Å². The van der Waals surface area contributed by atoms with Gasteiger partial charge in [-0.05, 0) is 42.0 Å². The van der Waals surface area contributed by atoms with E-state index >= 15 is 0 Å². The fourth-order valence-electron chi connectivity index (χ4n) is 2.37. The van der Waals surface area contributed by atoms with Crippen molar-refractivity contribution in [2.75, 3.05) is 0 Å². The molecule has 0 radical (unpaired) electrons. The first-order chi connectivity index (χ1) is 13.9. The summed E-state index contributed by atoms with van der Waals surface area (Å²) in [6.07, 6.45) is 1.17. The zero-order chi connectivity index (χ0) is 20.8. The number of hydrogen-bond donors (Lipinski definition) is 3. The van der Waals surface area contributed by atoms with Crippen LogP contribution in [0, 0.1) is 0 Å². The summed E-state index contributed by atoms with van der Waals surface area (Å²) in [4.78, 5) is 46.4. The summed E-state index contributed by atoms with van der Waals surface area (Å²) in [7, 11) is 0. The van der Waals surface area contributed by atoms with E-state index in [0.29, 0.717) is 5.56 Å². The van der Waals surface area contributed by atoms with Crippen molar-refractivity contribution in [2.24, 2.45) is 5.10 Å². The highest BCUT2D eigenvalue weighted by Gasteiger charge is 2.33. The van der Waals surface area contributed by atoms with Crippen LogP contribution in [0.4, 0.5) is 4.79 Å². The number of carbonyl (C=O) groups excluding carboxylic acids is 4. The van der Waals surface area contributed by atoms with Gasteiger partial charge in [-0.25, -0.2) is 5.43 Å². The molecule has 0 unspecified atom stereocenters. The number of benzene rings is 2. The minimum absolute atomic E-state index is 0.0997. The molecule has 3 rings (SSSR count). The number of amides is 3. The molecule has 1 saturated heterocycles. The maximum absolute atomic E-state index is 11.9. The van der Waals surface area contributed by atoms with Gasteiger partial charge < -0.3 is 9.84 Å². The van der Waals surface area contributed by atoms with E-state index in [1.165, 1.54) is 30.5 Å². The van der Waals surface area contributed by atoms with Crippen LogP contribution in [0.5, 0.6) is 11.5 Å². The summed E-state index contributed by atoms with van der Waals surface area (Å²) in [6, 6.07) is 12.4. The van der Waals surface area contributed by atoms with E-state index in [-0.39, 0.29) is 23.5 Å². The van der Waals surface area contributed by atoms with Crippen molar-refractivity contribution in [3.8, 4) is 11.5 Å². The zero-order valence-electron chi connectivity index (χ0n) is 14.8. The van der Waals surface area contributed by atoms with Gasteiger partial charge in [-0.15, -0.1) is 0 Å². The van der Waals surface area contributed by atoms with Crippen LogP contribution < -0.4 is 15.5 Å². The molecule has 10 heteroatoms. The predicted octanol–water partition coefficient (Wildman–Crippen LogP) is 1.80. The number of para-hydroxylation sites is 1. The van der Waals surface area contributed by atoms with E-state index in [1.54, 1.807) is 24.3 Å². The summed E-state index contributed by atoms with van der Waals surface area (Å²) < 4.78 is 5.14. The third kappa shape index (κ3) is 5.42. The number of aromatic hydroxyl groups is 1. The van der Waals surface area contributed by atoms with Gasteiger partial charge in [0.2, 0.25) is 5.91 Å². The fraction of sp³-hybridized carbons (Fsp3) is 0.105. The van der Waals surface area contributed by atoms with E-state index < -0.39 is 28.3 Å². The van der Waals surface area contributed by atoms with Gasteiger partial charge in [0.1, 0.15) is 16.7 Å². The molecule has 1 aliphatic heterocycles. The highest BCUT2D eigenvalue weighted by atomic mass is 32.2. The molecule has 3 N–H and O–H groups in total. The molecule has 0 saturated carbocycles. The monoisotopic (exact) mass is 413 g/mol. The number of carbonyl (C=O) groups is 4. The summed E-state index contributed by atoms with van der Waals surface area (Å²) in [5.74, 6) is -1.58. The number of nitrogens with zero attached hydrogens (tertiary/aromatic N) is 1. The lowest BCUT2D eigenvalue weighted by Gasteiger charge is -2.06. The molecule has 2 aromatic carbocycles. The van der Waals surface area contributed by atoms with Crippen LogP contribution in [-0.2, 0) is 9.59 Å². The van der Waals surface area contributed by atoms with Crippen LogP contribution in [0.25, 0.3) is 0 Å². The van der Waals surface area contributed by atoms with Gasteiger partial charge >= 0.3 is 5.97 Å². The van der Waals surface area contributed by atoms with Crippen LogP contribution in [0.2, 0.25) is 0 Å². The lowest BCUT2D eigenvalue weighted by Crippen LogP contribution is -2.27. The van der Waals surface area contributed by atoms with Gasteiger partial charge in [0, 0.05) is 0 Å². The molecule has 0 bridgehead atoms. The van der Waals surface area contributed by atoms with Crippen molar-refractivity contribution in [3.05, 3.63) is 59.7 Å². The standard InChI is InChI=1S/C19H15N3O6S/c23-14-4-2-1-3-13(14)17(25)22-20-10-11-5-7-12(8-6-11)28-16(24)9-15-18(26)21-19(27)29-15/h1-8,10,15,23H,9H2,(H,22,25)(H,21,26,27)/b20-10-/t15-/m1/s1. The Morgan fingerprint density at radius 2 is 1.90 bits per heavy atom. The van der Waals surface area contributed by atoms with E-state index in [0.717, 1.165) is 11.8 Å². The fourth-order valence-corrected chi connectivity index (χ4v) is 3.17. The van der Waals surface area contributed by atoms with Gasteiger partial charge in [0.25, 0.3) is 11.1 Å². The molecule has 1 aliphatic rings. The Bertz CT molecular complexity index is 990. The number of hydrazone groups is 1. The van der Waals surface area contributed by atoms with Gasteiger partial charge in [0.05, 0.1) is 18.2 Å². The van der Waals surface area contributed by atoms with Gasteiger partial charge in [-0.2, -0.15) is 5.10 Å². The number of imide groups is 1. The number of phenols is 1. The zero-order valence-corrected chi connectivity index (χ0v) is 15.6. The third-order valence-corrected chi connectivity index (χ3v) is 4.74. The highest BCUT2D eigenvalue weighted by Crippen LogP contribution is 2.23. The lowest BCUT2D eigenvalue weighted by molar-refractivity contribution is -0.135. The molecule has 148 valence electrons. The van der Waals surface area contributed by atoms with Crippen LogP contribution in [0.3, 0.4) is 0 Å². The second-order valence-electron chi connectivity index (χ2n) is 5.85. The molecule has 3 amide bonds. The Hall–Kier alpha value is -3.66. The minimum atomic E-state index is -0.783. The molecular weight excluding hydrogens is 398 g/mol. The molecule has 2 aromatic rings. The van der Waals surface area contributed by atoms with E-state index in [4.69, 9.17) is 4.74 Å². The molecule has 0 aromatic heterocycles. The Morgan fingerprint density at radius 3 is 2.55 bits per heavy atom. The second kappa shape index (κ2) is 9.02. The number of rotatable bonds is 6. The number of esters is 1. The van der Waals surface area contributed by atoms with Crippen molar-refractivity contribution in [1.29, 1.82) is 0 Å². The highest BCUT2D eigenvalue weighted by molar-refractivity contribution is 8.15. The summed E-state index contributed by atoms with van der Waals surface area (Å²) in [5, 5.41) is 14.3. The normalized spacial score (nSPS) is 15.9. The smallest absolute Gasteiger partial charge is 0.312 e. The van der Waals surface area contributed by atoms with Gasteiger partial charge in [-0.3, -0.25) is 24.5 Å². The van der Waals surface area contributed by atoms with Crippen molar-refractivity contribution in [2.45, 2.75) is 11.7 Å². The van der Waals surface area contributed by atoms with E-state index in [2.05, 4.69) is 15.8 Å². The quantitative estimate of drug-likeness (QED) is 0.284. The summed E-state index contributed by atoms with van der Waals surface area (Å²) in [6.45, 7) is 0. The Kier molecular flexibility index (Phi) is 6.25. The van der Waals surface area contributed by atoms with Crippen molar-refractivity contribution in [3.63, 3.8) is 0 Å². The number of ether oxygens (including phenoxy) is 1. The molecule has 29 heavy (non-hydrogen) atoms. The van der Waals surface area contributed by atoms with Crippen LogP contribution in [-0.4, -0.2) is 39.6 Å². The Labute approximate surface area is 169 Å².